The van der Waals surface area contributed by atoms with Crippen molar-refractivity contribution in [1.82, 2.24) is 0 Å². The number of ether oxygens (including phenoxy) is 3. The average molecular weight is 203 g/mol. The smallest absolute Gasteiger partial charge is 0.330 e. The minimum absolute atomic E-state index is 0.124. The molecule has 1 rings (SSSR count). The van der Waals surface area contributed by atoms with Crippen LogP contribution in [0, 0.1) is 0 Å². The molecule has 1 aliphatic heterocycles. The minimum Gasteiger partial charge on any atom is -0.464 e. The maximum atomic E-state index is 11.4. The number of hydrogen-bond donors (Lipinski definition) is 1. The zero-order valence-corrected chi connectivity index (χ0v) is 8.83. The van der Waals surface area contributed by atoms with Gasteiger partial charge in [-0.3, -0.25) is 0 Å². The Morgan fingerprint density at radius 2 is 1.93 bits per heavy atom. The fourth-order valence-corrected chi connectivity index (χ4v) is 1.08. The first-order chi connectivity index (χ1) is 6.40. The quantitative estimate of drug-likeness (QED) is 0.641. The molecule has 0 radical (unpaired) electrons. The fraction of sp³-hybridized carbons (Fsp3) is 0.889. The van der Waals surface area contributed by atoms with Crippen molar-refractivity contribution in [3.8, 4) is 0 Å². The third kappa shape index (κ3) is 2.43. The monoisotopic (exact) mass is 203 g/mol. The van der Waals surface area contributed by atoms with Crippen molar-refractivity contribution < 1.29 is 19.0 Å². The topological polar surface area (TPSA) is 70.8 Å². The Morgan fingerprint density at radius 3 is 2.36 bits per heavy atom. The molecule has 14 heavy (non-hydrogen) atoms. The molecule has 2 N–H and O–H groups in total. The summed E-state index contributed by atoms with van der Waals surface area (Å²) in [6.45, 7) is 5.84. The molecule has 82 valence electrons. The summed E-state index contributed by atoms with van der Waals surface area (Å²) in [5.74, 6) is -1.15. The Kier molecular flexibility index (Phi) is 3.14. The standard InChI is InChI=1S/C9H17NO4/c1-4-12-7(11)9(10)5-13-8(2,3)14-6-9/h4-6,10H2,1-3H3. The Bertz CT molecular complexity index is 217. The molecule has 0 aromatic rings. The summed E-state index contributed by atoms with van der Waals surface area (Å²) in [7, 11) is 0. The van der Waals surface area contributed by atoms with Crippen LogP contribution in [0.2, 0.25) is 0 Å². The zero-order valence-electron chi connectivity index (χ0n) is 8.83. The Balaban J connectivity index is 2.57. The van der Waals surface area contributed by atoms with E-state index in [-0.39, 0.29) is 13.2 Å². The molecule has 0 aromatic carbocycles. The van der Waals surface area contributed by atoms with Crippen LogP contribution in [0.15, 0.2) is 0 Å². The van der Waals surface area contributed by atoms with Crippen LogP contribution in [0.25, 0.3) is 0 Å². The van der Waals surface area contributed by atoms with Crippen LogP contribution in [0.5, 0.6) is 0 Å². The average Bonchev–Trinajstić information content (AvgIpc) is 2.11. The van der Waals surface area contributed by atoms with E-state index in [1.54, 1.807) is 20.8 Å². The van der Waals surface area contributed by atoms with Crippen LogP contribution < -0.4 is 5.73 Å². The molecule has 1 saturated heterocycles. The van der Waals surface area contributed by atoms with Crippen molar-refractivity contribution in [1.29, 1.82) is 0 Å². The first-order valence-corrected chi connectivity index (χ1v) is 4.64. The lowest BCUT2D eigenvalue weighted by Gasteiger charge is -2.39. The van der Waals surface area contributed by atoms with Gasteiger partial charge in [-0.15, -0.1) is 0 Å². The van der Waals surface area contributed by atoms with Gasteiger partial charge in [0.2, 0.25) is 0 Å². The van der Waals surface area contributed by atoms with Gasteiger partial charge in [-0.05, 0) is 20.8 Å². The molecule has 0 spiro atoms. The van der Waals surface area contributed by atoms with E-state index < -0.39 is 17.3 Å². The van der Waals surface area contributed by atoms with Crippen LogP contribution in [-0.2, 0) is 19.0 Å². The summed E-state index contributed by atoms with van der Waals surface area (Å²) in [6.07, 6.45) is 0. The van der Waals surface area contributed by atoms with Gasteiger partial charge in [0.15, 0.2) is 11.3 Å². The lowest BCUT2D eigenvalue weighted by Crippen LogP contribution is -2.62. The van der Waals surface area contributed by atoms with Crippen LogP contribution in [-0.4, -0.2) is 37.1 Å². The lowest BCUT2D eigenvalue weighted by atomic mass is 10.0. The predicted molar refractivity (Wildman–Crippen MR) is 49.5 cm³/mol. The van der Waals surface area contributed by atoms with Crippen LogP contribution >= 0.6 is 0 Å². The normalized spacial score (nSPS) is 24.3. The number of rotatable bonds is 2. The highest BCUT2D eigenvalue weighted by Gasteiger charge is 2.43. The Labute approximate surface area is 83.5 Å². The highest BCUT2D eigenvalue weighted by Crippen LogP contribution is 2.22. The maximum Gasteiger partial charge on any atom is 0.330 e. The summed E-state index contributed by atoms with van der Waals surface area (Å²) >= 11 is 0. The van der Waals surface area contributed by atoms with Crippen molar-refractivity contribution in [2.75, 3.05) is 19.8 Å². The highest BCUT2D eigenvalue weighted by atomic mass is 16.7. The van der Waals surface area contributed by atoms with E-state index >= 15 is 0 Å². The second kappa shape index (κ2) is 3.84. The van der Waals surface area contributed by atoms with E-state index in [9.17, 15) is 4.79 Å². The molecule has 0 bridgehead atoms. The van der Waals surface area contributed by atoms with E-state index in [4.69, 9.17) is 19.9 Å². The van der Waals surface area contributed by atoms with Crippen molar-refractivity contribution in [3.63, 3.8) is 0 Å². The molecule has 0 aromatic heterocycles. The molecule has 0 saturated carbocycles. The van der Waals surface area contributed by atoms with Gasteiger partial charge in [-0.25, -0.2) is 4.79 Å². The van der Waals surface area contributed by atoms with Gasteiger partial charge >= 0.3 is 5.97 Å². The fourth-order valence-electron chi connectivity index (χ4n) is 1.08. The molecule has 0 unspecified atom stereocenters. The number of carbonyl (C=O) groups is 1. The SMILES string of the molecule is CCOC(=O)C1(N)COC(C)(C)OC1. The van der Waals surface area contributed by atoms with Gasteiger partial charge in [0.05, 0.1) is 19.8 Å². The van der Waals surface area contributed by atoms with E-state index in [1.807, 2.05) is 0 Å². The van der Waals surface area contributed by atoms with Gasteiger partial charge in [0.25, 0.3) is 0 Å². The first kappa shape index (κ1) is 11.4. The van der Waals surface area contributed by atoms with Crippen molar-refractivity contribution in [3.05, 3.63) is 0 Å². The number of carbonyl (C=O) groups excluding carboxylic acids is 1. The molecule has 5 nitrogen and oxygen atoms in total. The van der Waals surface area contributed by atoms with E-state index in [0.717, 1.165) is 0 Å². The lowest BCUT2D eigenvalue weighted by molar-refractivity contribution is -0.267. The minimum atomic E-state index is -1.16. The second-order valence-electron chi connectivity index (χ2n) is 3.85. The zero-order chi connectivity index (χ0) is 10.8. The predicted octanol–water partition coefficient (Wildman–Crippen LogP) is 0.0299. The van der Waals surface area contributed by atoms with Crippen LogP contribution in [0.4, 0.5) is 0 Å². The molecule has 1 aliphatic rings. The van der Waals surface area contributed by atoms with Gasteiger partial charge in [-0.2, -0.15) is 0 Å². The molecular weight excluding hydrogens is 186 g/mol. The first-order valence-electron chi connectivity index (χ1n) is 4.64. The summed E-state index contributed by atoms with van der Waals surface area (Å²) in [6, 6.07) is 0. The van der Waals surface area contributed by atoms with E-state index in [0.29, 0.717) is 6.61 Å². The second-order valence-corrected chi connectivity index (χ2v) is 3.85. The van der Waals surface area contributed by atoms with Crippen molar-refractivity contribution in [2.24, 2.45) is 5.73 Å². The van der Waals surface area contributed by atoms with Crippen molar-refractivity contribution in [2.45, 2.75) is 32.1 Å². The molecule has 1 fully saturated rings. The van der Waals surface area contributed by atoms with Crippen LogP contribution in [0.1, 0.15) is 20.8 Å². The van der Waals surface area contributed by atoms with Gasteiger partial charge in [0, 0.05) is 0 Å². The molecule has 5 heteroatoms. The summed E-state index contributed by atoms with van der Waals surface area (Å²) < 4.78 is 15.4. The molecule has 0 amide bonds. The Hall–Kier alpha value is -0.650. The van der Waals surface area contributed by atoms with Gasteiger partial charge in [0.1, 0.15) is 0 Å². The molecule has 0 aliphatic carbocycles. The largest absolute Gasteiger partial charge is 0.464 e. The molecular formula is C9H17NO4. The third-order valence-corrected chi connectivity index (χ3v) is 2.04. The van der Waals surface area contributed by atoms with Gasteiger partial charge in [-0.1, -0.05) is 0 Å². The number of esters is 1. The summed E-state index contributed by atoms with van der Waals surface area (Å²) in [5.41, 5.74) is 4.62. The van der Waals surface area contributed by atoms with E-state index in [1.165, 1.54) is 0 Å². The van der Waals surface area contributed by atoms with E-state index in [2.05, 4.69) is 0 Å². The van der Waals surface area contributed by atoms with Gasteiger partial charge < -0.3 is 19.9 Å². The third-order valence-electron chi connectivity index (χ3n) is 2.04. The molecule has 1 heterocycles. The number of hydrogen-bond acceptors (Lipinski definition) is 5. The summed E-state index contributed by atoms with van der Waals surface area (Å²) in [4.78, 5) is 11.4. The maximum absolute atomic E-state index is 11.4. The highest BCUT2D eigenvalue weighted by molar-refractivity contribution is 5.81. The van der Waals surface area contributed by atoms with Crippen LogP contribution in [0.3, 0.4) is 0 Å². The summed E-state index contributed by atoms with van der Waals surface area (Å²) in [5, 5.41) is 0. The number of nitrogens with two attached hydrogens (primary N) is 1. The molecule has 0 atom stereocenters. The Morgan fingerprint density at radius 1 is 1.43 bits per heavy atom. The van der Waals surface area contributed by atoms with Crippen molar-refractivity contribution >= 4 is 5.97 Å².